The molecule has 0 saturated carbocycles. The normalized spacial score (nSPS) is 14.4. The van der Waals surface area contributed by atoms with E-state index in [4.69, 9.17) is 0 Å². The van der Waals surface area contributed by atoms with E-state index in [1.165, 1.54) is 24.1 Å². The number of carbonyl (C=O) groups is 1. The van der Waals surface area contributed by atoms with Crippen LogP contribution in [-0.4, -0.2) is 35.5 Å². The van der Waals surface area contributed by atoms with Gasteiger partial charge in [-0.3, -0.25) is 0 Å². The van der Waals surface area contributed by atoms with Crippen LogP contribution in [0.1, 0.15) is 36.6 Å². The summed E-state index contributed by atoms with van der Waals surface area (Å²) in [5, 5.41) is 5.11. The summed E-state index contributed by atoms with van der Waals surface area (Å²) in [7, 11) is 0. The zero-order chi connectivity index (χ0) is 17.5. The Balaban J connectivity index is 1.61. The molecule has 1 aliphatic heterocycles. The van der Waals surface area contributed by atoms with Crippen molar-refractivity contribution in [3.05, 3.63) is 46.3 Å². The monoisotopic (exact) mass is 358 g/mol. The van der Waals surface area contributed by atoms with Gasteiger partial charge in [-0.25, -0.2) is 9.78 Å². The quantitative estimate of drug-likeness (QED) is 0.853. The Morgan fingerprint density at radius 2 is 2.12 bits per heavy atom. The van der Waals surface area contributed by atoms with Crippen LogP contribution in [0.5, 0.6) is 0 Å². The molecule has 0 unspecified atom stereocenters. The van der Waals surface area contributed by atoms with Crippen LogP contribution >= 0.6 is 11.3 Å². The molecular weight excluding hydrogens is 332 g/mol. The fourth-order valence-corrected chi connectivity index (χ4v) is 3.88. The first-order valence-corrected chi connectivity index (χ1v) is 9.90. The zero-order valence-electron chi connectivity index (χ0n) is 14.8. The maximum absolute atomic E-state index is 12.5. The van der Waals surface area contributed by atoms with Crippen LogP contribution in [0.4, 0.5) is 10.6 Å². The number of thiophene rings is 1. The second-order valence-corrected chi connectivity index (χ2v) is 7.32. The number of rotatable bonds is 6. The number of anilines is 1. The van der Waals surface area contributed by atoms with E-state index in [9.17, 15) is 4.79 Å². The van der Waals surface area contributed by atoms with E-state index in [0.717, 1.165) is 24.5 Å². The van der Waals surface area contributed by atoms with Gasteiger partial charge in [0.1, 0.15) is 5.82 Å². The molecule has 1 saturated heterocycles. The molecule has 1 fully saturated rings. The second-order valence-electron chi connectivity index (χ2n) is 6.29. The van der Waals surface area contributed by atoms with E-state index in [2.05, 4.69) is 27.3 Å². The minimum absolute atomic E-state index is 0.0238. The van der Waals surface area contributed by atoms with Crippen molar-refractivity contribution in [2.75, 3.05) is 24.5 Å². The van der Waals surface area contributed by atoms with Gasteiger partial charge < -0.3 is 15.1 Å². The van der Waals surface area contributed by atoms with Gasteiger partial charge in [0.15, 0.2) is 0 Å². The maximum atomic E-state index is 12.5. The molecule has 0 aromatic carbocycles. The number of piperidine rings is 1. The average molecular weight is 359 g/mol. The Kier molecular flexibility index (Phi) is 6.28. The van der Waals surface area contributed by atoms with Crippen molar-refractivity contribution in [2.24, 2.45) is 0 Å². The van der Waals surface area contributed by atoms with Gasteiger partial charge in [-0.2, -0.15) is 0 Å². The number of carbonyl (C=O) groups excluding carboxylic acids is 1. The molecule has 1 N–H and O–H groups in total. The summed E-state index contributed by atoms with van der Waals surface area (Å²) < 4.78 is 0. The van der Waals surface area contributed by atoms with Gasteiger partial charge in [0, 0.05) is 42.8 Å². The summed E-state index contributed by atoms with van der Waals surface area (Å²) >= 11 is 1.68. The number of hydrogen-bond donors (Lipinski definition) is 1. The predicted octanol–water partition coefficient (Wildman–Crippen LogP) is 3.87. The van der Waals surface area contributed by atoms with E-state index in [1.54, 1.807) is 11.3 Å². The minimum atomic E-state index is -0.0238. The van der Waals surface area contributed by atoms with Crippen molar-refractivity contribution in [3.63, 3.8) is 0 Å². The third-order valence-electron chi connectivity index (χ3n) is 4.55. The van der Waals surface area contributed by atoms with E-state index in [0.29, 0.717) is 19.6 Å². The largest absolute Gasteiger partial charge is 0.356 e. The summed E-state index contributed by atoms with van der Waals surface area (Å²) in [6.45, 7) is 5.98. The number of amides is 2. The van der Waals surface area contributed by atoms with Crippen LogP contribution in [0.15, 0.2) is 35.8 Å². The Morgan fingerprint density at radius 1 is 1.28 bits per heavy atom. The van der Waals surface area contributed by atoms with Crippen molar-refractivity contribution in [3.8, 4) is 0 Å². The van der Waals surface area contributed by atoms with Crippen molar-refractivity contribution in [1.82, 2.24) is 15.2 Å². The zero-order valence-corrected chi connectivity index (χ0v) is 15.6. The fourth-order valence-electron chi connectivity index (χ4n) is 3.16. The SMILES string of the molecule is CCN(Cc1cccs1)C(=O)NCc1cccnc1N1CCCCC1. The van der Waals surface area contributed by atoms with Crippen LogP contribution < -0.4 is 10.2 Å². The molecule has 1 aliphatic rings. The highest BCUT2D eigenvalue weighted by atomic mass is 32.1. The van der Waals surface area contributed by atoms with Crippen molar-refractivity contribution in [2.45, 2.75) is 39.3 Å². The van der Waals surface area contributed by atoms with Gasteiger partial charge in [-0.05, 0) is 43.7 Å². The molecule has 134 valence electrons. The molecule has 25 heavy (non-hydrogen) atoms. The lowest BCUT2D eigenvalue weighted by Crippen LogP contribution is -2.39. The Morgan fingerprint density at radius 3 is 2.84 bits per heavy atom. The van der Waals surface area contributed by atoms with Gasteiger partial charge in [0.25, 0.3) is 0 Å². The molecule has 2 aromatic heterocycles. The lowest BCUT2D eigenvalue weighted by atomic mass is 10.1. The van der Waals surface area contributed by atoms with Gasteiger partial charge >= 0.3 is 6.03 Å². The number of nitrogens with zero attached hydrogens (tertiary/aromatic N) is 3. The van der Waals surface area contributed by atoms with Gasteiger partial charge in [0.05, 0.1) is 6.54 Å². The molecular formula is C19H26N4OS. The Labute approximate surface area is 153 Å². The lowest BCUT2D eigenvalue weighted by Gasteiger charge is -2.29. The van der Waals surface area contributed by atoms with Crippen molar-refractivity contribution >= 4 is 23.2 Å². The van der Waals surface area contributed by atoms with E-state index in [-0.39, 0.29) is 6.03 Å². The summed E-state index contributed by atoms with van der Waals surface area (Å²) in [6.07, 6.45) is 5.56. The summed E-state index contributed by atoms with van der Waals surface area (Å²) in [5.41, 5.74) is 1.09. The van der Waals surface area contributed by atoms with Crippen LogP contribution in [0, 0.1) is 0 Å². The smallest absolute Gasteiger partial charge is 0.317 e. The standard InChI is InChI=1S/C19H26N4OS/c1-2-22(15-17-9-7-13-25-17)19(24)21-14-16-8-6-10-20-18(16)23-11-4-3-5-12-23/h6-10,13H,2-5,11-12,14-15H2,1H3,(H,21,24). The molecule has 0 atom stereocenters. The average Bonchev–Trinajstić information content (AvgIpc) is 3.18. The molecule has 6 heteroatoms. The van der Waals surface area contributed by atoms with Crippen molar-refractivity contribution in [1.29, 1.82) is 0 Å². The highest BCUT2D eigenvalue weighted by Gasteiger charge is 2.17. The van der Waals surface area contributed by atoms with E-state index >= 15 is 0 Å². The molecule has 3 rings (SSSR count). The third kappa shape index (κ3) is 4.72. The van der Waals surface area contributed by atoms with Crippen LogP contribution in [-0.2, 0) is 13.1 Å². The van der Waals surface area contributed by atoms with Crippen LogP contribution in [0.3, 0.4) is 0 Å². The van der Waals surface area contributed by atoms with Crippen LogP contribution in [0.25, 0.3) is 0 Å². The van der Waals surface area contributed by atoms with Crippen LogP contribution in [0.2, 0.25) is 0 Å². The highest BCUT2D eigenvalue weighted by molar-refractivity contribution is 7.09. The number of hydrogen-bond acceptors (Lipinski definition) is 4. The molecule has 2 amide bonds. The number of nitrogens with one attached hydrogen (secondary N) is 1. The number of urea groups is 1. The molecule has 2 aromatic rings. The summed E-state index contributed by atoms with van der Waals surface area (Å²) in [5.74, 6) is 1.02. The van der Waals surface area contributed by atoms with Gasteiger partial charge in [-0.1, -0.05) is 12.1 Å². The number of pyridine rings is 1. The number of aromatic nitrogens is 1. The Bertz CT molecular complexity index is 668. The van der Waals surface area contributed by atoms with E-state index in [1.807, 2.05) is 35.5 Å². The first-order valence-electron chi connectivity index (χ1n) is 9.02. The third-order valence-corrected chi connectivity index (χ3v) is 5.41. The molecule has 0 spiro atoms. The molecule has 5 nitrogen and oxygen atoms in total. The lowest BCUT2D eigenvalue weighted by molar-refractivity contribution is 0.198. The first-order chi connectivity index (χ1) is 12.3. The summed E-state index contributed by atoms with van der Waals surface area (Å²) in [4.78, 5) is 22.5. The molecule has 3 heterocycles. The summed E-state index contributed by atoms with van der Waals surface area (Å²) in [6, 6.07) is 8.07. The minimum Gasteiger partial charge on any atom is -0.356 e. The highest BCUT2D eigenvalue weighted by Crippen LogP contribution is 2.21. The molecule has 0 bridgehead atoms. The molecule has 0 aliphatic carbocycles. The predicted molar refractivity (Wildman–Crippen MR) is 103 cm³/mol. The second kappa shape index (κ2) is 8.85. The van der Waals surface area contributed by atoms with E-state index < -0.39 is 0 Å². The fraction of sp³-hybridized carbons (Fsp3) is 0.474. The Hall–Kier alpha value is -2.08. The first kappa shape index (κ1) is 17.7. The van der Waals surface area contributed by atoms with Crippen molar-refractivity contribution < 1.29 is 4.79 Å². The van der Waals surface area contributed by atoms with Gasteiger partial charge in [0.2, 0.25) is 0 Å². The molecule has 0 radical (unpaired) electrons. The maximum Gasteiger partial charge on any atom is 0.317 e. The van der Waals surface area contributed by atoms with Gasteiger partial charge in [-0.15, -0.1) is 11.3 Å². The topological polar surface area (TPSA) is 48.5 Å².